The van der Waals surface area contributed by atoms with Crippen LogP contribution in [0.2, 0.25) is 0 Å². The molecule has 0 aromatic rings. The highest BCUT2D eigenvalue weighted by atomic mass is 16.7. The summed E-state index contributed by atoms with van der Waals surface area (Å²) >= 11 is 0. The quantitative estimate of drug-likeness (QED) is 0.674. The van der Waals surface area contributed by atoms with Gasteiger partial charge in [0.05, 0.1) is 12.2 Å². The predicted octanol–water partition coefficient (Wildman–Crippen LogP) is 3.11. The number of unbranched alkanes of at least 4 members (excludes halogenated alkanes) is 1. The van der Waals surface area contributed by atoms with Crippen LogP contribution in [0.4, 0.5) is 0 Å². The second-order valence-corrected chi connectivity index (χ2v) is 4.33. The van der Waals surface area contributed by atoms with Crippen molar-refractivity contribution < 1.29 is 9.47 Å². The van der Waals surface area contributed by atoms with Crippen LogP contribution in [-0.2, 0) is 9.47 Å². The largest absolute Gasteiger partial charge is 0.347 e. The van der Waals surface area contributed by atoms with E-state index in [1.54, 1.807) is 0 Å². The molecule has 0 spiro atoms. The van der Waals surface area contributed by atoms with E-state index < -0.39 is 0 Å². The van der Waals surface area contributed by atoms with Crippen LogP contribution < -0.4 is 0 Å². The van der Waals surface area contributed by atoms with Crippen molar-refractivity contribution in [1.29, 1.82) is 0 Å². The van der Waals surface area contributed by atoms with Crippen molar-refractivity contribution in [3.8, 4) is 0 Å². The summed E-state index contributed by atoms with van der Waals surface area (Å²) < 4.78 is 11.6. The molecule has 2 atom stereocenters. The normalized spacial score (nSPS) is 40.6. The molecule has 2 unspecified atom stereocenters. The molecule has 0 amide bonds. The molecule has 0 aliphatic carbocycles. The van der Waals surface area contributed by atoms with Crippen LogP contribution in [0.1, 0.15) is 53.4 Å². The lowest BCUT2D eigenvalue weighted by atomic mass is 10.1. The SMILES string of the molecule is CCCCC1(C)OC(C)CC(C)O1. The molecule has 1 heterocycles. The van der Waals surface area contributed by atoms with Gasteiger partial charge in [0, 0.05) is 6.42 Å². The minimum Gasteiger partial charge on any atom is -0.347 e. The Kier molecular flexibility index (Phi) is 3.74. The molecule has 0 saturated carbocycles. The van der Waals surface area contributed by atoms with Crippen molar-refractivity contribution in [3.05, 3.63) is 0 Å². The minimum atomic E-state index is -0.326. The Hall–Kier alpha value is -0.0800. The summed E-state index contributed by atoms with van der Waals surface area (Å²) in [5.74, 6) is -0.326. The van der Waals surface area contributed by atoms with Gasteiger partial charge in [-0.2, -0.15) is 0 Å². The molecule has 0 N–H and O–H groups in total. The van der Waals surface area contributed by atoms with Gasteiger partial charge >= 0.3 is 0 Å². The minimum absolute atomic E-state index is 0.326. The van der Waals surface area contributed by atoms with Gasteiger partial charge in [0.2, 0.25) is 0 Å². The highest BCUT2D eigenvalue weighted by Crippen LogP contribution is 2.30. The Morgan fingerprint density at radius 1 is 1.23 bits per heavy atom. The fraction of sp³-hybridized carbons (Fsp3) is 1.00. The molecule has 78 valence electrons. The van der Waals surface area contributed by atoms with Gasteiger partial charge in [-0.05, 0) is 33.6 Å². The highest BCUT2D eigenvalue weighted by Gasteiger charge is 2.34. The summed E-state index contributed by atoms with van der Waals surface area (Å²) in [5, 5.41) is 0. The summed E-state index contributed by atoms with van der Waals surface area (Å²) in [6.07, 6.45) is 5.08. The molecule has 0 radical (unpaired) electrons. The number of ether oxygens (including phenoxy) is 2. The van der Waals surface area contributed by atoms with E-state index >= 15 is 0 Å². The van der Waals surface area contributed by atoms with E-state index in [0.29, 0.717) is 12.2 Å². The summed E-state index contributed by atoms with van der Waals surface area (Å²) in [6.45, 7) is 8.51. The third-order valence-electron chi connectivity index (χ3n) is 2.55. The summed E-state index contributed by atoms with van der Waals surface area (Å²) in [6, 6.07) is 0. The zero-order valence-electron chi connectivity index (χ0n) is 9.30. The maximum Gasteiger partial charge on any atom is 0.166 e. The van der Waals surface area contributed by atoms with Gasteiger partial charge < -0.3 is 9.47 Å². The molecule has 2 heteroatoms. The topological polar surface area (TPSA) is 18.5 Å². The Balaban J connectivity index is 2.45. The van der Waals surface area contributed by atoms with Gasteiger partial charge in [0.15, 0.2) is 5.79 Å². The van der Waals surface area contributed by atoms with Crippen molar-refractivity contribution in [3.63, 3.8) is 0 Å². The molecule has 1 aliphatic heterocycles. The predicted molar refractivity (Wildman–Crippen MR) is 53.6 cm³/mol. The van der Waals surface area contributed by atoms with Crippen LogP contribution in [0.5, 0.6) is 0 Å². The van der Waals surface area contributed by atoms with E-state index in [2.05, 4.69) is 27.7 Å². The Labute approximate surface area is 81.6 Å². The maximum absolute atomic E-state index is 5.82. The van der Waals surface area contributed by atoms with E-state index in [-0.39, 0.29) is 5.79 Å². The molecule has 13 heavy (non-hydrogen) atoms. The second-order valence-electron chi connectivity index (χ2n) is 4.33. The van der Waals surface area contributed by atoms with Gasteiger partial charge in [-0.25, -0.2) is 0 Å². The second kappa shape index (κ2) is 4.43. The van der Waals surface area contributed by atoms with Crippen molar-refractivity contribution in [2.75, 3.05) is 0 Å². The van der Waals surface area contributed by atoms with Gasteiger partial charge in [0.1, 0.15) is 0 Å². The molecule has 2 nitrogen and oxygen atoms in total. The zero-order chi connectivity index (χ0) is 9.90. The Bertz CT molecular complexity index is 146. The van der Waals surface area contributed by atoms with Gasteiger partial charge in [-0.15, -0.1) is 0 Å². The third-order valence-corrected chi connectivity index (χ3v) is 2.55. The molecule has 1 saturated heterocycles. The van der Waals surface area contributed by atoms with Crippen LogP contribution in [-0.4, -0.2) is 18.0 Å². The van der Waals surface area contributed by atoms with Gasteiger partial charge in [-0.1, -0.05) is 13.3 Å². The molecule has 1 rings (SSSR count). The Morgan fingerprint density at radius 3 is 2.23 bits per heavy atom. The fourth-order valence-electron chi connectivity index (χ4n) is 2.06. The summed E-state index contributed by atoms with van der Waals surface area (Å²) in [7, 11) is 0. The summed E-state index contributed by atoms with van der Waals surface area (Å²) in [5.41, 5.74) is 0. The number of hydrogen-bond acceptors (Lipinski definition) is 2. The fourth-order valence-corrected chi connectivity index (χ4v) is 2.06. The lowest BCUT2D eigenvalue weighted by molar-refractivity contribution is -0.305. The first-order valence-corrected chi connectivity index (χ1v) is 5.41. The van der Waals surface area contributed by atoms with Crippen molar-refractivity contribution >= 4 is 0 Å². The van der Waals surface area contributed by atoms with E-state index in [9.17, 15) is 0 Å². The van der Waals surface area contributed by atoms with Crippen LogP contribution >= 0.6 is 0 Å². The standard InChI is InChI=1S/C11H22O2/c1-5-6-7-11(4)12-9(2)8-10(3)13-11/h9-10H,5-8H2,1-4H3. The van der Waals surface area contributed by atoms with Gasteiger partial charge in [-0.3, -0.25) is 0 Å². The molecule has 0 aromatic carbocycles. The highest BCUT2D eigenvalue weighted by molar-refractivity contribution is 4.74. The van der Waals surface area contributed by atoms with Crippen LogP contribution in [0.25, 0.3) is 0 Å². The lowest BCUT2D eigenvalue weighted by Gasteiger charge is -2.41. The van der Waals surface area contributed by atoms with Gasteiger partial charge in [0.25, 0.3) is 0 Å². The van der Waals surface area contributed by atoms with E-state index in [1.807, 2.05) is 0 Å². The first-order valence-electron chi connectivity index (χ1n) is 5.41. The number of hydrogen-bond donors (Lipinski definition) is 0. The zero-order valence-corrected chi connectivity index (χ0v) is 9.30. The van der Waals surface area contributed by atoms with E-state index in [1.165, 1.54) is 12.8 Å². The lowest BCUT2D eigenvalue weighted by Crippen LogP contribution is -2.44. The smallest absolute Gasteiger partial charge is 0.166 e. The monoisotopic (exact) mass is 186 g/mol. The number of rotatable bonds is 3. The molecule has 1 aliphatic rings. The third kappa shape index (κ3) is 3.28. The first-order chi connectivity index (χ1) is 6.06. The Morgan fingerprint density at radius 2 is 1.77 bits per heavy atom. The van der Waals surface area contributed by atoms with Crippen LogP contribution in [0.3, 0.4) is 0 Å². The van der Waals surface area contributed by atoms with Crippen LogP contribution in [0, 0.1) is 0 Å². The van der Waals surface area contributed by atoms with E-state index in [4.69, 9.17) is 9.47 Å². The van der Waals surface area contributed by atoms with Crippen molar-refractivity contribution in [2.24, 2.45) is 0 Å². The molecule has 0 bridgehead atoms. The average molecular weight is 186 g/mol. The van der Waals surface area contributed by atoms with E-state index in [0.717, 1.165) is 12.8 Å². The molecular weight excluding hydrogens is 164 g/mol. The maximum atomic E-state index is 5.82. The summed E-state index contributed by atoms with van der Waals surface area (Å²) in [4.78, 5) is 0. The molecule has 0 aromatic heterocycles. The van der Waals surface area contributed by atoms with Crippen molar-refractivity contribution in [2.45, 2.75) is 71.4 Å². The van der Waals surface area contributed by atoms with Crippen LogP contribution in [0.15, 0.2) is 0 Å². The van der Waals surface area contributed by atoms with Crippen molar-refractivity contribution in [1.82, 2.24) is 0 Å². The first kappa shape index (κ1) is 11.0. The molecule has 1 fully saturated rings. The molecular formula is C11H22O2. The average Bonchev–Trinajstić information content (AvgIpc) is 1.98.